The van der Waals surface area contributed by atoms with E-state index in [1.54, 1.807) is 0 Å². The third-order valence-corrected chi connectivity index (χ3v) is 2.96. The number of carbonyl (C=O) groups is 1. The molecule has 0 aliphatic heterocycles. The summed E-state index contributed by atoms with van der Waals surface area (Å²) >= 11 is 5.91. The minimum atomic E-state index is -0.796. The molecule has 0 unspecified atom stereocenters. The SMILES string of the molecule is O=Cc1ccc(Oc2ccc([N+](=O)[O-])cc2[N+](=O)[O-])c(Cl)c1. The number of rotatable bonds is 5. The van der Waals surface area contributed by atoms with Crippen molar-refractivity contribution in [3.8, 4) is 11.5 Å². The van der Waals surface area contributed by atoms with Gasteiger partial charge >= 0.3 is 5.69 Å². The number of non-ortho nitro benzene ring substituents is 1. The molecule has 2 rings (SSSR count). The Morgan fingerprint density at radius 1 is 1.00 bits per heavy atom. The van der Waals surface area contributed by atoms with Crippen molar-refractivity contribution in [1.82, 2.24) is 0 Å². The number of halogens is 1. The van der Waals surface area contributed by atoms with E-state index in [1.807, 2.05) is 0 Å². The lowest BCUT2D eigenvalue weighted by molar-refractivity contribution is -0.394. The highest BCUT2D eigenvalue weighted by atomic mass is 35.5. The molecule has 0 bridgehead atoms. The van der Waals surface area contributed by atoms with E-state index in [2.05, 4.69) is 0 Å². The highest BCUT2D eigenvalue weighted by Crippen LogP contribution is 2.37. The van der Waals surface area contributed by atoms with E-state index in [9.17, 15) is 25.0 Å². The van der Waals surface area contributed by atoms with Crippen molar-refractivity contribution in [1.29, 1.82) is 0 Å². The Kier molecular flexibility index (Phi) is 4.33. The zero-order valence-corrected chi connectivity index (χ0v) is 11.5. The molecule has 112 valence electrons. The Morgan fingerprint density at radius 2 is 1.68 bits per heavy atom. The molecule has 0 fully saturated rings. The molecule has 0 saturated carbocycles. The number of nitro groups is 2. The van der Waals surface area contributed by atoms with Crippen LogP contribution in [0.3, 0.4) is 0 Å². The Labute approximate surface area is 128 Å². The second kappa shape index (κ2) is 6.19. The van der Waals surface area contributed by atoms with Crippen LogP contribution in [0, 0.1) is 20.2 Å². The third kappa shape index (κ3) is 3.18. The Morgan fingerprint density at radius 3 is 2.23 bits per heavy atom. The molecule has 0 heterocycles. The molecule has 0 aliphatic carbocycles. The average Bonchev–Trinajstić information content (AvgIpc) is 2.49. The van der Waals surface area contributed by atoms with Gasteiger partial charge in [-0.2, -0.15) is 0 Å². The Balaban J connectivity index is 2.43. The maximum atomic E-state index is 11.0. The summed E-state index contributed by atoms with van der Waals surface area (Å²) < 4.78 is 5.32. The van der Waals surface area contributed by atoms with Gasteiger partial charge in [0.05, 0.1) is 20.9 Å². The fraction of sp³-hybridized carbons (Fsp3) is 0. The number of carbonyl (C=O) groups excluding carboxylic acids is 1. The predicted octanol–water partition coefficient (Wildman–Crippen LogP) is 3.76. The molecule has 0 saturated heterocycles. The predicted molar refractivity (Wildman–Crippen MR) is 76.7 cm³/mol. The summed E-state index contributed by atoms with van der Waals surface area (Å²) in [5.74, 6) is -0.111. The van der Waals surface area contributed by atoms with Crippen LogP contribution in [0.15, 0.2) is 36.4 Å². The molecule has 0 N–H and O–H groups in total. The van der Waals surface area contributed by atoms with Crippen LogP contribution in [0.4, 0.5) is 11.4 Å². The fourth-order valence-corrected chi connectivity index (χ4v) is 1.87. The highest BCUT2D eigenvalue weighted by molar-refractivity contribution is 6.32. The molecule has 0 aliphatic rings. The van der Waals surface area contributed by atoms with E-state index in [0.717, 1.165) is 18.2 Å². The lowest BCUT2D eigenvalue weighted by atomic mass is 10.2. The Hall–Kier alpha value is -3.00. The van der Waals surface area contributed by atoms with Crippen molar-refractivity contribution in [2.24, 2.45) is 0 Å². The van der Waals surface area contributed by atoms with Gasteiger partial charge in [0.1, 0.15) is 12.0 Å². The average molecular weight is 323 g/mol. The van der Waals surface area contributed by atoms with Gasteiger partial charge in [0.25, 0.3) is 5.69 Å². The topological polar surface area (TPSA) is 113 Å². The van der Waals surface area contributed by atoms with Gasteiger partial charge in [0.2, 0.25) is 5.75 Å². The lowest BCUT2D eigenvalue weighted by Gasteiger charge is -2.08. The van der Waals surface area contributed by atoms with Crippen molar-refractivity contribution in [3.05, 3.63) is 67.2 Å². The minimum absolute atomic E-state index is 0.0808. The van der Waals surface area contributed by atoms with Crippen LogP contribution in [0.5, 0.6) is 11.5 Å². The van der Waals surface area contributed by atoms with Gasteiger partial charge in [0, 0.05) is 11.6 Å². The minimum Gasteiger partial charge on any atom is -0.449 e. The standard InChI is InChI=1S/C13H7ClN2O6/c14-10-5-8(7-17)1-3-12(10)22-13-4-2-9(15(18)19)6-11(13)16(20)21/h1-7H. The molecule has 22 heavy (non-hydrogen) atoms. The van der Waals surface area contributed by atoms with Crippen molar-refractivity contribution in [2.75, 3.05) is 0 Å². The number of ether oxygens (including phenoxy) is 1. The smallest absolute Gasteiger partial charge is 0.318 e. The first-order valence-corrected chi connectivity index (χ1v) is 6.15. The van der Waals surface area contributed by atoms with Gasteiger partial charge in [-0.05, 0) is 24.3 Å². The van der Waals surface area contributed by atoms with Gasteiger partial charge in [-0.3, -0.25) is 25.0 Å². The number of nitro benzene ring substituents is 2. The van der Waals surface area contributed by atoms with Crippen molar-refractivity contribution >= 4 is 29.3 Å². The van der Waals surface area contributed by atoms with Crippen molar-refractivity contribution in [3.63, 3.8) is 0 Å². The molecule has 0 spiro atoms. The van der Waals surface area contributed by atoms with Crippen LogP contribution >= 0.6 is 11.6 Å². The van der Waals surface area contributed by atoms with E-state index in [0.29, 0.717) is 11.8 Å². The van der Waals surface area contributed by atoms with E-state index in [4.69, 9.17) is 16.3 Å². The summed E-state index contributed by atoms with van der Waals surface area (Å²) in [6, 6.07) is 7.11. The van der Waals surface area contributed by atoms with Crippen LogP contribution in [-0.4, -0.2) is 16.1 Å². The van der Waals surface area contributed by atoms with E-state index >= 15 is 0 Å². The maximum absolute atomic E-state index is 11.0. The van der Waals surface area contributed by atoms with Crippen molar-refractivity contribution in [2.45, 2.75) is 0 Å². The summed E-state index contributed by atoms with van der Waals surface area (Å²) in [5, 5.41) is 21.7. The second-order valence-electron chi connectivity index (χ2n) is 4.08. The molecular weight excluding hydrogens is 316 g/mol. The molecule has 9 heteroatoms. The number of hydrogen-bond acceptors (Lipinski definition) is 6. The van der Waals surface area contributed by atoms with Crippen molar-refractivity contribution < 1.29 is 19.4 Å². The van der Waals surface area contributed by atoms with Gasteiger partial charge in [0.15, 0.2) is 0 Å². The first kappa shape index (κ1) is 15.4. The van der Waals surface area contributed by atoms with Crippen LogP contribution in [0.1, 0.15) is 10.4 Å². The van der Waals surface area contributed by atoms with E-state index in [-0.39, 0.29) is 16.5 Å². The summed E-state index contributed by atoms with van der Waals surface area (Å²) in [4.78, 5) is 30.7. The quantitative estimate of drug-likeness (QED) is 0.470. The normalized spacial score (nSPS) is 10.0. The highest BCUT2D eigenvalue weighted by Gasteiger charge is 2.21. The van der Waals surface area contributed by atoms with Crippen LogP contribution < -0.4 is 4.74 Å². The molecule has 2 aromatic rings. The summed E-state index contributed by atoms with van der Waals surface area (Å²) in [7, 11) is 0. The molecule has 2 aromatic carbocycles. The molecule has 0 radical (unpaired) electrons. The van der Waals surface area contributed by atoms with Crippen LogP contribution in [-0.2, 0) is 0 Å². The molecule has 0 aromatic heterocycles. The fourth-order valence-electron chi connectivity index (χ4n) is 1.64. The first-order valence-electron chi connectivity index (χ1n) is 5.78. The van der Waals surface area contributed by atoms with Gasteiger partial charge in [-0.15, -0.1) is 0 Å². The molecule has 8 nitrogen and oxygen atoms in total. The monoisotopic (exact) mass is 322 g/mol. The van der Waals surface area contributed by atoms with Crippen LogP contribution in [0.2, 0.25) is 5.02 Å². The molecule has 0 amide bonds. The largest absolute Gasteiger partial charge is 0.449 e. The summed E-state index contributed by atoms with van der Waals surface area (Å²) in [6.45, 7) is 0. The lowest BCUT2D eigenvalue weighted by Crippen LogP contribution is -1.96. The van der Waals surface area contributed by atoms with Gasteiger partial charge < -0.3 is 4.74 Å². The molecule has 0 atom stereocenters. The zero-order chi connectivity index (χ0) is 16.3. The zero-order valence-electron chi connectivity index (χ0n) is 10.8. The number of hydrogen-bond donors (Lipinski definition) is 0. The number of nitrogens with zero attached hydrogens (tertiary/aromatic N) is 2. The number of aldehydes is 1. The Bertz CT molecular complexity index is 777. The number of benzene rings is 2. The van der Waals surface area contributed by atoms with Gasteiger partial charge in [-0.1, -0.05) is 11.6 Å². The molecular formula is C13H7ClN2O6. The third-order valence-electron chi connectivity index (χ3n) is 2.66. The summed E-state index contributed by atoms with van der Waals surface area (Å²) in [5.41, 5.74) is -0.679. The maximum Gasteiger partial charge on any atom is 0.318 e. The summed E-state index contributed by atoms with van der Waals surface area (Å²) in [6.07, 6.45) is 0.587. The van der Waals surface area contributed by atoms with E-state index < -0.39 is 21.2 Å². The van der Waals surface area contributed by atoms with E-state index in [1.165, 1.54) is 18.2 Å². The van der Waals surface area contributed by atoms with Crippen LogP contribution in [0.25, 0.3) is 0 Å². The second-order valence-corrected chi connectivity index (χ2v) is 4.48. The first-order chi connectivity index (χ1) is 10.4. The van der Waals surface area contributed by atoms with Gasteiger partial charge in [-0.25, -0.2) is 0 Å².